The van der Waals surface area contributed by atoms with Crippen LogP contribution in [0.3, 0.4) is 0 Å². The first-order valence-electron chi connectivity index (χ1n) is 5.44. The van der Waals surface area contributed by atoms with E-state index in [4.69, 9.17) is 0 Å². The van der Waals surface area contributed by atoms with Crippen LogP contribution in [0.25, 0.3) is 0 Å². The van der Waals surface area contributed by atoms with Crippen molar-refractivity contribution < 1.29 is 4.79 Å². The Balaban J connectivity index is 2.35. The van der Waals surface area contributed by atoms with Gasteiger partial charge in [0.15, 0.2) is 0 Å². The molecule has 0 aliphatic carbocycles. The van der Waals surface area contributed by atoms with Crippen molar-refractivity contribution >= 4 is 5.91 Å². The second-order valence-corrected chi connectivity index (χ2v) is 4.16. The number of aryl methyl sites for hydroxylation is 1. The van der Waals surface area contributed by atoms with Gasteiger partial charge in [0.25, 0.3) is 5.91 Å². The van der Waals surface area contributed by atoms with Crippen LogP contribution in [0.5, 0.6) is 0 Å². The van der Waals surface area contributed by atoms with Crippen LogP contribution in [0.1, 0.15) is 22.3 Å². The van der Waals surface area contributed by atoms with Gasteiger partial charge in [-0.2, -0.15) is 0 Å². The Morgan fingerprint density at radius 2 is 2.19 bits per heavy atom. The molecule has 0 unspecified atom stereocenters. The van der Waals surface area contributed by atoms with Crippen LogP contribution >= 0.6 is 0 Å². The summed E-state index contributed by atoms with van der Waals surface area (Å²) in [6, 6.07) is 1.84. The van der Waals surface area contributed by atoms with Crippen LogP contribution in [0.2, 0.25) is 0 Å². The van der Waals surface area contributed by atoms with Gasteiger partial charge >= 0.3 is 0 Å². The van der Waals surface area contributed by atoms with E-state index in [2.05, 4.69) is 15.2 Å². The van der Waals surface area contributed by atoms with Crippen LogP contribution in [0, 0.1) is 6.92 Å². The molecular formula is C12H19N3O. The van der Waals surface area contributed by atoms with E-state index in [1.807, 2.05) is 27.1 Å². The van der Waals surface area contributed by atoms with Gasteiger partial charge in [0.05, 0.1) is 5.56 Å². The quantitative estimate of drug-likeness (QED) is 0.756. The predicted molar refractivity (Wildman–Crippen MR) is 64.5 cm³/mol. The van der Waals surface area contributed by atoms with Crippen molar-refractivity contribution in [1.82, 2.24) is 15.2 Å². The van der Waals surface area contributed by atoms with Crippen molar-refractivity contribution in [2.45, 2.75) is 13.3 Å². The lowest BCUT2D eigenvalue weighted by Gasteiger charge is -2.09. The summed E-state index contributed by atoms with van der Waals surface area (Å²) in [5.41, 5.74) is 1.63. The third kappa shape index (κ3) is 4.40. The summed E-state index contributed by atoms with van der Waals surface area (Å²) in [5, 5.41) is 2.88. The van der Waals surface area contributed by atoms with E-state index in [0.717, 1.165) is 18.5 Å². The van der Waals surface area contributed by atoms with Crippen LogP contribution < -0.4 is 5.32 Å². The van der Waals surface area contributed by atoms with Gasteiger partial charge in [0, 0.05) is 18.9 Å². The number of pyridine rings is 1. The molecule has 16 heavy (non-hydrogen) atoms. The maximum Gasteiger partial charge on any atom is 0.252 e. The van der Waals surface area contributed by atoms with E-state index in [1.165, 1.54) is 0 Å². The first-order chi connectivity index (χ1) is 7.59. The van der Waals surface area contributed by atoms with Crippen molar-refractivity contribution in [3.05, 3.63) is 29.6 Å². The highest BCUT2D eigenvalue weighted by Crippen LogP contribution is 2.00. The van der Waals surface area contributed by atoms with Crippen LogP contribution in [-0.2, 0) is 0 Å². The lowest BCUT2D eigenvalue weighted by atomic mass is 10.2. The number of nitrogens with one attached hydrogen (secondary N) is 1. The maximum absolute atomic E-state index is 11.7. The third-order valence-corrected chi connectivity index (χ3v) is 2.20. The molecular weight excluding hydrogens is 202 g/mol. The highest BCUT2D eigenvalue weighted by atomic mass is 16.1. The summed E-state index contributed by atoms with van der Waals surface area (Å²) < 4.78 is 0. The fraction of sp³-hybridized carbons (Fsp3) is 0.500. The molecule has 4 heteroatoms. The largest absolute Gasteiger partial charge is 0.352 e. The fourth-order valence-electron chi connectivity index (χ4n) is 1.38. The van der Waals surface area contributed by atoms with Crippen molar-refractivity contribution in [3.63, 3.8) is 0 Å². The minimum atomic E-state index is -0.0463. The Labute approximate surface area is 96.7 Å². The van der Waals surface area contributed by atoms with Gasteiger partial charge in [-0.25, -0.2) is 0 Å². The first-order valence-corrected chi connectivity index (χ1v) is 5.44. The molecule has 0 aliphatic rings. The molecule has 1 rings (SSSR count). The smallest absolute Gasteiger partial charge is 0.252 e. The minimum absolute atomic E-state index is 0.0463. The van der Waals surface area contributed by atoms with Crippen LogP contribution in [-0.4, -0.2) is 43.0 Å². The second kappa shape index (κ2) is 6.23. The van der Waals surface area contributed by atoms with Gasteiger partial charge in [0.2, 0.25) is 0 Å². The Morgan fingerprint density at radius 3 is 2.81 bits per heavy atom. The summed E-state index contributed by atoms with van der Waals surface area (Å²) >= 11 is 0. The monoisotopic (exact) mass is 221 g/mol. The SMILES string of the molecule is Cc1cncc(C(=O)NCCCN(C)C)c1. The maximum atomic E-state index is 11.7. The van der Waals surface area contributed by atoms with Crippen molar-refractivity contribution in [1.29, 1.82) is 0 Å². The lowest BCUT2D eigenvalue weighted by molar-refractivity contribution is 0.0952. The van der Waals surface area contributed by atoms with Gasteiger partial charge in [0.1, 0.15) is 0 Å². The lowest BCUT2D eigenvalue weighted by Crippen LogP contribution is -2.27. The number of amides is 1. The molecule has 1 N–H and O–H groups in total. The summed E-state index contributed by atoms with van der Waals surface area (Å²) in [5.74, 6) is -0.0463. The minimum Gasteiger partial charge on any atom is -0.352 e. The van der Waals surface area contributed by atoms with E-state index >= 15 is 0 Å². The number of carbonyl (C=O) groups excluding carboxylic acids is 1. The van der Waals surface area contributed by atoms with Gasteiger partial charge < -0.3 is 10.2 Å². The van der Waals surface area contributed by atoms with Crippen molar-refractivity contribution in [3.8, 4) is 0 Å². The van der Waals surface area contributed by atoms with Gasteiger partial charge in [-0.05, 0) is 45.6 Å². The highest BCUT2D eigenvalue weighted by molar-refractivity contribution is 5.93. The molecule has 88 valence electrons. The molecule has 0 atom stereocenters. The number of aromatic nitrogens is 1. The Bertz CT molecular complexity index is 350. The van der Waals surface area contributed by atoms with E-state index < -0.39 is 0 Å². The van der Waals surface area contributed by atoms with E-state index in [1.54, 1.807) is 12.4 Å². The topological polar surface area (TPSA) is 45.2 Å². The predicted octanol–water partition coefficient (Wildman–Crippen LogP) is 1.07. The number of hydrogen-bond acceptors (Lipinski definition) is 3. The third-order valence-electron chi connectivity index (χ3n) is 2.20. The van der Waals surface area contributed by atoms with Gasteiger partial charge in [-0.15, -0.1) is 0 Å². The molecule has 0 aliphatic heterocycles. The normalized spacial score (nSPS) is 10.5. The Kier molecular flexibility index (Phi) is 4.92. The molecule has 0 saturated carbocycles. The molecule has 0 saturated heterocycles. The van der Waals surface area contributed by atoms with Gasteiger partial charge in [-0.1, -0.05) is 0 Å². The average molecular weight is 221 g/mol. The number of rotatable bonds is 5. The molecule has 4 nitrogen and oxygen atoms in total. The number of nitrogens with zero attached hydrogens (tertiary/aromatic N) is 2. The van der Waals surface area contributed by atoms with Crippen molar-refractivity contribution in [2.75, 3.05) is 27.2 Å². The summed E-state index contributed by atoms with van der Waals surface area (Å²) in [4.78, 5) is 17.8. The number of carbonyl (C=O) groups is 1. The molecule has 1 amide bonds. The molecule has 0 spiro atoms. The molecule has 0 radical (unpaired) electrons. The zero-order valence-corrected chi connectivity index (χ0v) is 10.2. The zero-order valence-electron chi connectivity index (χ0n) is 10.2. The summed E-state index contributed by atoms with van der Waals surface area (Å²) in [7, 11) is 4.04. The van der Waals surface area contributed by atoms with Gasteiger partial charge in [-0.3, -0.25) is 9.78 Å². The molecule has 0 bridgehead atoms. The molecule has 1 aromatic rings. The van der Waals surface area contributed by atoms with E-state index in [-0.39, 0.29) is 5.91 Å². The van der Waals surface area contributed by atoms with E-state index in [0.29, 0.717) is 12.1 Å². The van der Waals surface area contributed by atoms with E-state index in [9.17, 15) is 4.79 Å². The van der Waals surface area contributed by atoms with Crippen LogP contribution in [0.15, 0.2) is 18.5 Å². The highest BCUT2D eigenvalue weighted by Gasteiger charge is 2.04. The van der Waals surface area contributed by atoms with Crippen LogP contribution in [0.4, 0.5) is 0 Å². The second-order valence-electron chi connectivity index (χ2n) is 4.16. The Morgan fingerprint density at radius 1 is 1.44 bits per heavy atom. The Hall–Kier alpha value is -1.42. The summed E-state index contributed by atoms with van der Waals surface area (Å²) in [6.07, 6.45) is 4.29. The van der Waals surface area contributed by atoms with Crippen molar-refractivity contribution in [2.24, 2.45) is 0 Å². The standard InChI is InChI=1S/C12H19N3O/c1-10-7-11(9-13-8-10)12(16)14-5-4-6-15(2)3/h7-9H,4-6H2,1-3H3,(H,14,16). The first kappa shape index (κ1) is 12.6. The fourth-order valence-corrected chi connectivity index (χ4v) is 1.38. The summed E-state index contributed by atoms with van der Waals surface area (Å²) in [6.45, 7) is 3.60. The average Bonchev–Trinajstić information content (AvgIpc) is 2.24. The number of hydrogen-bond donors (Lipinski definition) is 1. The molecule has 0 aromatic carbocycles. The molecule has 1 heterocycles. The molecule has 0 fully saturated rings. The molecule has 1 aromatic heterocycles. The zero-order chi connectivity index (χ0) is 12.0.